The summed E-state index contributed by atoms with van der Waals surface area (Å²) in [6.45, 7) is 5.38. The Morgan fingerprint density at radius 1 is 1.30 bits per heavy atom. The van der Waals surface area contributed by atoms with E-state index >= 15 is 0 Å². The minimum Gasteiger partial charge on any atom is -0.508 e. The summed E-state index contributed by atoms with van der Waals surface area (Å²) >= 11 is 0. The number of benzene rings is 1. The van der Waals surface area contributed by atoms with Crippen molar-refractivity contribution in [2.24, 2.45) is 0 Å². The van der Waals surface area contributed by atoms with Crippen LogP contribution in [0.2, 0.25) is 0 Å². The Labute approximate surface area is 169 Å². The molecule has 0 atom stereocenters. The predicted molar refractivity (Wildman–Crippen MR) is 105 cm³/mol. The number of nitrogens with zero attached hydrogens (tertiary/aromatic N) is 4. The van der Waals surface area contributed by atoms with Crippen LogP contribution in [0.3, 0.4) is 0 Å². The average Bonchev–Trinajstić information content (AvgIpc) is 3.07. The molecule has 0 radical (unpaired) electrons. The van der Waals surface area contributed by atoms with Gasteiger partial charge in [-0.05, 0) is 42.8 Å². The standard InChI is InChI=1S/C20H18F3N5O2/c1-3-16(30-20(21,22)23)8-7-13(2)26-18-17-11-28(27-19(17)25-12-24-18)10-14-5-4-6-15(29)9-14/h3-9,11-12,29H,1,10H2,2H3,(H,24,25,26,27)/b13-7+,16-8+. The van der Waals surface area contributed by atoms with Crippen LogP contribution in [0.5, 0.6) is 5.75 Å². The van der Waals surface area contributed by atoms with Crippen LogP contribution in [-0.2, 0) is 11.3 Å². The molecule has 2 heterocycles. The van der Waals surface area contributed by atoms with Crippen molar-refractivity contribution in [1.29, 1.82) is 0 Å². The van der Waals surface area contributed by atoms with Crippen molar-refractivity contribution < 1.29 is 23.0 Å². The van der Waals surface area contributed by atoms with Gasteiger partial charge in [0.2, 0.25) is 0 Å². The number of ether oxygens (including phenoxy) is 1. The van der Waals surface area contributed by atoms with Crippen LogP contribution in [0.15, 0.2) is 73.1 Å². The van der Waals surface area contributed by atoms with Crippen LogP contribution in [0.4, 0.5) is 19.0 Å². The van der Waals surface area contributed by atoms with Gasteiger partial charge in [-0.2, -0.15) is 5.10 Å². The molecule has 0 bridgehead atoms. The fourth-order valence-corrected chi connectivity index (χ4v) is 2.62. The maximum atomic E-state index is 12.3. The lowest BCUT2D eigenvalue weighted by Crippen LogP contribution is -2.11. The van der Waals surface area contributed by atoms with E-state index in [0.717, 1.165) is 17.7 Å². The average molecular weight is 417 g/mol. The normalized spacial score (nSPS) is 12.8. The lowest BCUT2D eigenvalue weighted by atomic mass is 10.2. The molecular formula is C20H18F3N5O2. The first kappa shape index (κ1) is 20.9. The van der Waals surface area contributed by atoms with Crippen LogP contribution in [0, 0.1) is 0 Å². The van der Waals surface area contributed by atoms with Crippen molar-refractivity contribution in [3.05, 3.63) is 78.6 Å². The Bertz CT molecular complexity index is 1120. The SMILES string of the molecule is C=C/C(=C\C=C(/C)Nc1ncnc2nn(Cc3cccc(O)c3)cc12)OC(F)(F)F. The molecule has 0 saturated heterocycles. The monoisotopic (exact) mass is 417 g/mol. The smallest absolute Gasteiger partial charge is 0.508 e. The van der Waals surface area contributed by atoms with E-state index in [2.05, 4.69) is 31.7 Å². The Morgan fingerprint density at radius 3 is 2.80 bits per heavy atom. The highest BCUT2D eigenvalue weighted by Crippen LogP contribution is 2.22. The van der Waals surface area contributed by atoms with Gasteiger partial charge in [-0.1, -0.05) is 18.7 Å². The molecule has 3 rings (SSSR count). The van der Waals surface area contributed by atoms with E-state index in [0.29, 0.717) is 29.1 Å². The van der Waals surface area contributed by atoms with Gasteiger partial charge in [-0.25, -0.2) is 9.97 Å². The van der Waals surface area contributed by atoms with E-state index in [4.69, 9.17) is 0 Å². The lowest BCUT2D eigenvalue weighted by molar-refractivity contribution is -0.303. The molecule has 0 unspecified atom stereocenters. The van der Waals surface area contributed by atoms with Gasteiger partial charge in [0.15, 0.2) is 5.65 Å². The highest BCUT2D eigenvalue weighted by molar-refractivity contribution is 5.86. The molecule has 10 heteroatoms. The molecule has 2 aromatic heterocycles. The van der Waals surface area contributed by atoms with Gasteiger partial charge in [0, 0.05) is 11.9 Å². The number of allylic oxidation sites excluding steroid dienone is 4. The molecule has 156 valence electrons. The first-order valence-electron chi connectivity index (χ1n) is 8.73. The number of aromatic nitrogens is 4. The zero-order valence-electron chi connectivity index (χ0n) is 15.9. The number of alkyl halides is 3. The second-order valence-corrected chi connectivity index (χ2v) is 6.25. The van der Waals surface area contributed by atoms with Gasteiger partial charge in [0.05, 0.1) is 11.9 Å². The molecule has 0 amide bonds. The molecule has 0 aliphatic rings. The molecule has 0 spiro atoms. The minimum atomic E-state index is -4.79. The van der Waals surface area contributed by atoms with E-state index in [9.17, 15) is 18.3 Å². The van der Waals surface area contributed by atoms with Gasteiger partial charge >= 0.3 is 6.36 Å². The Hall–Kier alpha value is -3.82. The van der Waals surface area contributed by atoms with Crippen molar-refractivity contribution in [1.82, 2.24) is 19.7 Å². The summed E-state index contributed by atoms with van der Waals surface area (Å²) in [5, 5.41) is 17.6. The molecule has 1 aromatic carbocycles. The summed E-state index contributed by atoms with van der Waals surface area (Å²) in [5.41, 5.74) is 1.82. The van der Waals surface area contributed by atoms with Crippen LogP contribution in [0.25, 0.3) is 11.0 Å². The molecule has 0 fully saturated rings. The first-order chi connectivity index (χ1) is 14.2. The summed E-state index contributed by atoms with van der Waals surface area (Å²) in [4.78, 5) is 8.31. The van der Waals surface area contributed by atoms with Crippen molar-refractivity contribution in [3.8, 4) is 5.75 Å². The van der Waals surface area contributed by atoms with Crippen LogP contribution in [-0.4, -0.2) is 31.2 Å². The third-order valence-electron chi connectivity index (χ3n) is 3.87. The number of nitrogens with one attached hydrogen (secondary N) is 1. The minimum absolute atomic E-state index is 0.161. The maximum Gasteiger partial charge on any atom is 0.573 e. The third kappa shape index (κ3) is 5.60. The molecule has 7 nitrogen and oxygen atoms in total. The lowest BCUT2D eigenvalue weighted by Gasteiger charge is -2.09. The quantitative estimate of drug-likeness (QED) is 0.435. The van der Waals surface area contributed by atoms with Crippen molar-refractivity contribution in [2.45, 2.75) is 19.8 Å². The summed E-state index contributed by atoms with van der Waals surface area (Å²) in [6.07, 6.45) is 1.80. The van der Waals surface area contributed by atoms with Gasteiger partial charge in [-0.15, -0.1) is 13.2 Å². The van der Waals surface area contributed by atoms with Crippen LogP contribution < -0.4 is 5.32 Å². The van der Waals surface area contributed by atoms with Crippen molar-refractivity contribution >= 4 is 16.9 Å². The van der Waals surface area contributed by atoms with Gasteiger partial charge < -0.3 is 15.2 Å². The number of phenolic OH excluding ortho intramolecular Hbond substituents is 1. The fraction of sp³-hybridized carbons (Fsp3) is 0.150. The van der Waals surface area contributed by atoms with E-state index in [1.807, 2.05) is 6.07 Å². The van der Waals surface area contributed by atoms with E-state index in [-0.39, 0.29) is 5.75 Å². The molecule has 0 aliphatic carbocycles. The fourth-order valence-electron chi connectivity index (χ4n) is 2.62. The topological polar surface area (TPSA) is 85.1 Å². The second-order valence-electron chi connectivity index (χ2n) is 6.25. The largest absolute Gasteiger partial charge is 0.573 e. The van der Waals surface area contributed by atoms with E-state index < -0.39 is 12.1 Å². The summed E-state index contributed by atoms with van der Waals surface area (Å²) in [5.74, 6) is 0.171. The van der Waals surface area contributed by atoms with E-state index in [1.165, 1.54) is 12.4 Å². The number of aromatic hydroxyl groups is 1. The first-order valence-corrected chi connectivity index (χ1v) is 8.73. The highest BCUT2D eigenvalue weighted by atomic mass is 19.4. The molecule has 3 aromatic rings. The second kappa shape index (κ2) is 8.68. The Balaban J connectivity index is 1.80. The predicted octanol–water partition coefficient (Wildman–Crippen LogP) is 4.50. The Kier molecular flexibility index (Phi) is 6.05. The summed E-state index contributed by atoms with van der Waals surface area (Å²) < 4.78 is 42.5. The van der Waals surface area contributed by atoms with Crippen molar-refractivity contribution in [3.63, 3.8) is 0 Å². The number of halogens is 3. The van der Waals surface area contributed by atoms with Gasteiger partial charge in [-0.3, -0.25) is 4.68 Å². The number of anilines is 1. The number of hydrogen-bond acceptors (Lipinski definition) is 6. The van der Waals surface area contributed by atoms with Crippen LogP contribution in [0.1, 0.15) is 12.5 Å². The Morgan fingerprint density at radius 2 is 2.10 bits per heavy atom. The van der Waals surface area contributed by atoms with Crippen LogP contribution >= 0.6 is 0 Å². The van der Waals surface area contributed by atoms with Crippen molar-refractivity contribution in [2.75, 3.05) is 5.32 Å². The number of phenols is 1. The molecule has 0 aliphatic heterocycles. The maximum absolute atomic E-state index is 12.3. The summed E-state index contributed by atoms with van der Waals surface area (Å²) in [7, 11) is 0. The van der Waals surface area contributed by atoms with Gasteiger partial charge in [0.1, 0.15) is 23.7 Å². The summed E-state index contributed by atoms with van der Waals surface area (Å²) in [6, 6.07) is 6.81. The molecule has 2 N–H and O–H groups in total. The zero-order chi connectivity index (χ0) is 21.7. The molecule has 0 saturated carbocycles. The number of rotatable bonds is 7. The molecule has 30 heavy (non-hydrogen) atoms. The van der Waals surface area contributed by atoms with E-state index in [1.54, 1.807) is 36.0 Å². The third-order valence-corrected chi connectivity index (χ3v) is 3.87. The van der Waals surface area contributed by atoms with Gasteiger partial charge in [0.25, 0.3) is 0 Å². The number of hydrogen-bond donors (Lipinski definition) is 2. The number of fused-ring (bicyclic) bond motifs is 1. The zero-order valence-corrected chi connectivity index (χ0v) is 15.9. The molecular weight excluding hydrogens is 399 g/mol. The highest BCUT2D eigenvalue weighted by Gasteiger charge is 2.31.